The average molecular weight is 399 g/mol. The second kappa shape index (κ2) is 9.43. The van der Waals surface area contributed by atoms with Crippen LogP contribution in [-0.2, 0) is 33.8 Å². The lowest BCUT2D eigenvalue weighted by molar-refractivity contribution is -0.135. The van der Waals surface area contributed by atoms with Crippen LogP contribution >= 0.6 is 0 Å². The zero-order valence-corrected chi connectivity index (χ0v) is 16.9. The molecule has 7 nitrogen and oxygen atoms in total. The van der Waals surface area contributed by atoms with Crippen molar-refractivity contribution in [3.63, 3.8) is 0 Å². The van der Waals surface area contributed by atoms with Gasteiger partial charge in [-0.25, -0.2) is 4.79 Å². The molecule has 2 aromatic rings. The van der Waals surface area contributed by atoms with Gasteiger partial charge in [-0.05, 0) is 47.4 Å². The van der Waals surface area contributed by atoms with Crippen molar-refractivity contribution in [1.82, 2.24) is 4.90 Å². The summed E-state index contributed by atoms with van der Waals surface area (Å²) in [5.74, 6) is 0.557. The average Bonchev–Trinajstić information content (AvgIpc) is 2.76. The summed E-state index contributed by atoms with van der Waals surface area (Å²) in [6.45, 7) is 1.19. The maximum Gasteiger partial charge on any atom is 0.338 e. The molecular weight excluding hydrogens is 374 g/mol. The van der Waals surface area contributed by atoms with Gasteiger partial charge in [0.15, 0.2) is 18.1 Å². The first kappa shape index (κ1) is 20.7. The highest BCUT2D eigenvalue weighted by molar-refractivity contribution is 5.91. The molecule has 1 heterocycles. The third kappa shape index (κ3) is 4.86. The molecule has 0 unspecified atom stereocenters. The number of ether oxygens (including phenoxy) is 4. The highest BCUT2D eigenvalue weighted by Gasteiger charge is 2.23. The third-order valence-corrected chi connectivity index (χ3v) is 4.90. The van der Waals surface area contributed by atoms with Gasteiger partial charge in [0.2, 0.25) is 0 Å². The van der Waals surface area contributed by atoms with Crippen molar-refractivity contribution in [2.24, 2.45) is 0 Å². The van der Waals surface area contributed by atoms with Gasteiger partial charge in [0, 0.05) is 20.2 Å². The summed E-state index contributed by atoms with van der Waals surface area (Å²) < 4.78 is 20.9. The van der Waals surface area contributed by atoms with Crippen molar-refractivity contribution in [3.05, 3.63) is 58.7 Å². The number of carbonyl (C=O) groups is 2. The molecule has 0 aliphatic carbocycles. The van der Waals surface area contributed by atoms with E-state index in [1.165, 1.54) is 0 Å². The fourth-order valence-electron chi connectivity index (χ4n) is 3.30. The van der Waals surface area contributed by atoms with Gasteiger partial charge in [-0.15, -0.1) is 0 Å². The smallest absolute Gasteiger partial charge is 0.338 e. The van der Waals surface area contributed by atoms with E-state index in [1.54, 1.807) is 50.5 Å². The van der Waals surface area contributed by atoms with Gasteiger partial charge in [-0.1, -0.05) is 12.1 Å². The zero-order valence-electron chi connectivity index (χ0n) is 16.9. The van der Waals surface area contributed by atoms with Crippen LogP contribution < -0.4 is 9.47 Å². The molecule has 1 aliphatic heterocycles. The molecule has 0 atom stereocenters. The number of methoxy groups -OCH3 is 3. The molecule has 2 aromatic carbocycles. The van der Waals surface area contributed by atoms with Crippen LogP contribution in [0.15, 0.2) is 36.4 Å². The van der Waals surface area contributed by atoms with E-state index in [9.17, 15) is 9.59 Å². The van der Waals surface area contributed by atoms with E-state index in [0.717, 1.165) is 16.7 Å². The number of amides is 1. The maximum absolute atomic E-state index is 12.5. The standard InChI is InChI=1S/C22H25NO6/c1-26-13-15-4-6-16(7-5-15)22(25)29-14-21(24)23-9-8-17-10-19(27-2)20(28-3)11-18(17)12-23/h4-7,10-11H,8-9,12-14H2,1-3H3. The molecule has 0 radical (unpaired) electrons. The minimum Gasteiger partial charge on any atom is -0.493 e. The number of carbonyl (C=O) groups excluding carboxylic acids is 2. The number of nitrogens with zero attached hydrogens (tertiary/aromatic N) is 1. The lowest BCUT2D eigenvalue weighted by atomic mass is 9.99. The van der Waals surface area contributed by atoms with Crippen molar-refractivity contribution in [1.29, 1.82) is 0 Å². The lowest BCUT2D eigenvalue weighted by Crippen LogP contribution is -2.38. The van der Waals surface area contributed by atoms with Crippen molar-refractivity contribution < 1.29 is 28.5 Å². The van der Waals surface area contributed by atoms with Gasteiger partial charge in [0.05, 0.1) is 26.4 Å². The Labute approximate surface area is 170 Å². The summed E-state index contributed by atoms with van der Waals surface area (Å²) in [6.07, 6.45) is 0.705. The summed E-state index contributed by atoms with van der Waals surface area (Å²) in [4.78, 5) is 26.4. The summed E-state index contributed by atoms with van der Waals surface area (Å²) in [5, 5.41) is 0. The minimum atomic E-state index is -0.522. The van der Waals surface area contributed by atoms with Gasteiger partial charge >= 0.3 is 5.97 Å². The molecule has 154 valence electrons. The Kier molecular flexibility index (Phi) is 6.72. The first-order valence-electron chi connectivity index (χ1n) is 9.32. The van der Waals surface area contributed by atoms with Gasteiger partial charge < -0.3 is 23.8 Å². The topological polar surface area (TPSA) is 74.3 Å². The van der Waals surface area contributed by atoms with Crippen molar-refractivity contribution in [2.75, 3.05) is 34.5 Å². The van der Waals surface area contributed by atoms with Gasteiger partial charge in [-0.3, -0.25) is 4.79 Å². The predicted molar refractivity (Wildman–Crippen MR) is 106 cm³/mol. The van der Waals surface area contributed by atoms with E-state index >= 15 is 0 Å². The van der Waals surface area contributed by atoms with Crippen LogP contribution in [0.2, 0.25) is 0 Å². The highest BCUT2D eigenvalue weighted by Crippen LogP contribution is 2.33. The molecule has 1 aliphatic rings. The Hall–Kier alpha value is -3.06. The molecule has 0 fully saturated rings. The van der Waals surface area contributed by atoms with E-state index in [4.69, 9.17) is 18.9 Å². The van der Waals surface area contributed by atoms with Gasteiger partial charge in [-0.2, -0.15) is 0 Å². The number of hydrogen-bond acceptors (Lipinski definition) is 6. The molecule has 7 heteroatoms. The Morgan fingerprint density at radius 1 is 0.966 bits per heavy atom. The second-order valence-electron chi connectivity index (χ2n) is 6.75. The van der Waals surface area contributed by atoms with Crippen molar-refractivity contribution in [3.8, 4) is 11.5 Å². The van der Waals surface area contributed by atoms with Crippen LogP contribution in [0.1, 0.15) is 27.0 Å². The molecule has 29 heavy (non-hydrogen) atoms. The van der Waals surface area contributed by atoms with Crippen LogP contribution in [0.4, 0.5) is 0 Å². The van der Waals surface area contributed by atoms with E-state index in [-0.39, 0.29) is 12.5 Å². The summed E-state index contributed by atoms with van der Waals surface area (Å²) >= 11 is 0. The third-order valence-electron chi connectivity index (χ3n) is 4.90. The molecule has 0 aromatic heterocycles. The Morgan fingerprint density at radius 3 is 2.24 bits per heavy atom. The van der Waals surface area contributed by atoms with E-state index in [1.807, 2.05) is 12.1 Å². The maximum atomic E-state index is 12.5. The largest absolute Gasteiger partial charge is 0.493 e. The zero-order chi connectivity index (χ0) is 20.8. The van der Waals surface area contributed by atoms with Gasteiger partial charge in [0.1, 0.15) is 0 Å². The Bertz CT molecular complexity index is 878. The minimum absolute atomic E-state index is 0.227. The molecule has 0 saturated heterocycles. The number of benzene rings is 2. The SMILES string of the molecule is COCc1ccc(C(=O)OCC(=O)N2CCc3cc(OC)c(OC)cc3C2)cc1. The predicted octanol–water partition coefficient (Wildman–Crippen LogP) is 2.59. The van der Waals surface area contributed by atoms with Crippen molar-refractivity contribution >= 4 is 11.9 Å². The van der Waals surface area contributed by atoms with Crippen LogP contribution in [0.25, 0.3) is 0 Å². The van der Waals surface area contributed by atoms with Crippen LogP contribution in [0.3, 0.4) is 0 Å². The molecule has 0 bridgehead atoms. The molecule has 0 spiro atoms. The first-order valence-corrected chi connectivity index (χ1v) is 9.32. The Morgan fingerprint density at radius 2 is 1.62 bits per heavy atom. The fourth-order valence-corrected chi connectivity index (χ4v) is 3.30. The second-order valence-corrected chi connectivity index (χ2v) is 6.75. The number of hydrogen-bond donors (Lipinski definition) is 0. The molecule has 3 rings (SSSR count). The normalized spacial score (nSPS) is 12.9. The molecule has 0 saturated carbocycles. The highest BCUT2D eigenvalue weighted by atomic mass is 16.5. The number of esters is 1. The molecule has 0 N–H and O–H groups in total. The van der Waals surface area contributed by atoms with Crippen LogP contribution in [0, 0.1) is 0 Å². The number of fused-ring (bicyclic) bond motifs is 1. The van der Waals surface area contributed by atoms with Crippen molar-refractivity contribution in [2.45, 2.75) is 19.6 Å². The van der Waals surface area contributed by atoms with E-state index < -0.39 is 5.97 Å². The lowest BCUT2D eigenvalue weighted by Gasteiger charge is -2.29. The monoisotopic (exact) mass is 399 g/mol. The van der Waals surface area contributed by atoms with Crippen LogP contribution in [0.5, 0.6) is 11.5 Å². The summed E-state index contributed by atoms with van der Waals surface area (Å²) in [6, 6.07) is 10.8. The fraction of sp³-hybridized carbons (Fsp3) is 0.364. The van der Waals surface area contributed by atoms with Crippen LogP contribution in [-0.4, -0.2) is 51.3 Å². The summed E-state index contributed by atoms with van der Waals surface area (Å²) in [7, 11) is 4.79. The number of rotatable bonds is 7. The van der Waals surface area contributed by atoms with E-state index in [2.05, 4.69) is 0 Å². The molecule has 1 amide bonds. The van der Waals surface area contributed by atoms with E-state index in [0.29, 0.717) is 43.2 Å². The first-order chi connectivity index (χ1) is 14.0. The molecular formula is C22H25NO6. The van der Waals surface area contributed by atoms with Gasteiger partial charge in [0.25, 0.3) is 5.91 Å². The Balaban J connectivity index is 1.58. The summed E-state index contributed by atoms with van der Waals surface area (Å²) in [5.41, 5.74) is 3.49. The quantitative estimate of drug-likeness (QED) is 0.667.